The largest absolute Gasteiger partial charge is 0.494 e. The predicted molar refractivity (Wildman–Crippen MR) is 159 cm³/mol. The molecule has 0 heterocycles. The molecule has 3 aromatic carbocycles. The van der Waals surface area contributed by atoms with Gasteiger partial charge in [0.15, 0.2) is 0 Å². The van der Waals surface area contributed by atoms with Gasteiger partial charge in [-0.25, -0.2) is 4.79 Å². The minimum absolute atomic E-state index is 0.211. The molecule has 206 valence electrons. The summed E-state index contributed by atoms with van der Waals surface area (Å²) < 4.78 is 5.64. The lowest BCUT2D eigenvalue weighted by Crippen LogP contribution is -2.22. The molecule has 2 amide bonds. The average molecular weight is 630 g/mol. The first-order chi connectivity index (χ1) is 18.5. The Morgan fingerprint density at radius 2 is 1.54 bits per heavy atom. The Morgan fingerprint density at radius 3 is 2.15 bits per heavy atom. The summed E-state index contributed by atoms with van der Waals surface area (Å²) in [5.41, 5.74) is -0.00493. The third-order valence-electron chi connectivity index (χ3n) is 5.37. The van der Waals surface area contributed by atoms with Gasteiger partial charge in [0.2, 0.25) is 5.91 Å². The van der Waals surface area contributed by atoms with Crippen molar-refractivity contribution in [1.29, 1.82) is 0 Å². The van der Waals surface area contributed by atoms with Crippen LogP contribution in [-0.2, 0) is 4.79 Å². The van der Waals surface area contributed by atoms with Crippen LogP contribution in [0.25, 0.3) is 0 Å². The lowest BCUT2D eigenvalue weighted by molar-refractivity contribution is -0.115. The number of amides is 2. The number of carboxylic acid groups (broad SMARTS) is 1. The molecule has 0 fully saturated rings. The molecule has 0 saturated carbocycles. The summed E-state index contributed by atoms with van der Waals surface area (Å²) in [7, 11) is 0. The molecule has 3 aromatic rings. The molecule has 3 rings (SSSR count). The second-order valence-corrected chi connectivity index (χ2v) is 11.2. The molecule has 0 saturated heterocycles. The first-order valence-corrected chi connectivity index (χ1v) is 14.1. The molecule has 0 aliphatic heterocycles. The van der Waals surface area contributed by atoms with Crippen LogP contribution in [0.4, 0.5) is 11.4 Å². The number of carbonyl (C=O) groups excluding carboxylic acids is 2. The van der Waals surface area contributed by atoms with Crippen LogP contribution in [0.1, 0.15) is 47.4 Å². The molecule has 0 aliphatic carbocycles. The van der Waals surface area contributed by atoms with E-state index in [0.717, 1.165) is 18.6 Å². The Hall–Kier alpha value is -2.62. The van der Waals surface area contributed by atoms with E-state index >= 15 is 0 Å². The van der Waals surface area contributed by atoms with E-state index in [0.29, 0.717) is 22.9 Å². The molecule has 0 spiro atoms. The van der Waals surface area contributed by atoms with E-state index in [1.165, 1.54) is 11.8 Å². The number of rotatable bonds is 11. The molecule has 1 unspecified atom stereocenters. The third kappa shape index (κ3) is 7.96. The lowest BCUT2D eigenvalue weighted by Gasteiger charge is -2.15. The van der Waals surface area contributed by atoms with Crippen molar-refractivity contribution in [3.63, 3.8) is 0 Å². The van der Waals surface area contributed by atoms with Gasteiger partial charge in [0.05, 0.1) is 43.1 Å². The number of carbonyl (C=O) groups is 3. The second-order valence-electron chi connectivity index (χ2n) is 8.27. The van der Waals surface area contributed by atoms with Gasteiger partial charge in [-0.1, -0.05) is 65.8 Å². The van der Waals surface area contributed by atoms with E-state index < -0.39 is 33.3 Å². The molecule has 3 N–H and O–H groups in total. The fraction of sp³-hybridized carbons (Fsp3) is 0.222. The van der Waals surface area contributed by atoms with Crippen LogP contribution in [0.15, 0.2) is 53.4 Å². The van der Waals surface area contributed by atoms with Gasteiger partial charge in [-0.15, -0.1) is 11.8 Å². The van der Waals surface area contributed by atoms with E-state index in [9.17, 15) is 19.5 Å². The zero-order valence-electron chi connectivity index (χ0n) is 20.8. The van der Waals surface area contributed by atoms with Gasteiger partial charge in [-0.3, -0.25) is 9.59 Å². The van der Waals surface area contributed by atoms with Crippen molar-refractivity contribution in [3.05, 3.63) is 79.7 Å². The monoisotopic (exact) mass is 628 g/mol. The number of anilines is 2. The molecule has 0 radical (unpaired) electrons. The minimum atomic E-state index is -1.49. The number of thioether (sulfide) groups is 1. The summed E-state index contributed by atoms with van der Waals surface area (Å²) in [5, 5.41) is 13.4. The molecule has 7 nitrogen and oxygen atoms in total. The first-order valence-electron chi connectivity index (χ1n) is 11.7. The van der Waals surface area contributed by atoms with E-state index in [1.807, 2.05) is 0 Å². The van der Waals surface area contributed by atoms with Crippen molar-refractivity contribution in [2.45, 2.75) is 36.8 Å². The molecule has 12 heteroatoms. The van der Waals surface area contributed by atoms with Crippen molar-refractivity contribution in [1.82, 2.24) is 0 Å². The maximum absolute atomic E-state index is 13.0. The van der Waals surface area contributed by atoms with E-state index in [2.05, 4.69) is 17.6 Å². The topological polar surface area (TPSA) is 105 Å². The lowest BCUT2D eigenvalue weighted by atomic mass is 10.1. The van der Waals surface area contributed by atoms with Crippen LogP contribution in [0.3, 0.4) is 0 Å². The fourth-order valence-electron chi connectivity index (χ4n) is 3.36. The first kappa shape index (κ1) is 30.9. The van der Waals surface area contributed by atoms with Crippen molar-refractivity contribution < 1.29 is 24.2 Å². The van der Waals surface area contributed by atoms with Gasteiger partial charge in [-0.2, -0.15) is 0 Å². The van der Waals surface area contributed by atoms with Gasteiger partial charge in [0.25, 0.3) is 5.91 Å². The smallest absolute Gasteiger partial charge is 0.338 e. The molecule has 0 bridgehead atoms. The number of nitrogens with one attached hydrogen (secondary N) is 2. The Bertz CT molecular complexity index is 1390. The molecule has 0 aliphatic rings. The maximum atomic E-state index is 13.0. The van der Waals surface area contributed by atoms with Crippen LogP contribution in [0, 0.1) is 0 Å². The summed E-state index contributed by atoms with van der Waals surface area (Å²) in [5.74, 6) is -1.80. The zero-order chi connectivity index (χ0) is 28.7. The van der Waals surface area contributed by atoms with Crippen LogP contribution in [0.5, 0.6) is 5.75 Å². The van der Waals surface area contributed by atoms with E-state index in [1.54, 1.807) is 55.5 Å². The highest BCUT2D eigenvalue weighted by Gasteiger charge is 2.29. The van der Waals surface area contributed by atoms with Gasteiger partial charge < -0.3 is 20.5 Å². The highest BCUT2D eigenvalue weighted by atomic mass is 35.5. The van der Waals surface area contributed by atoms with Crippen LogP contribution >= 0.6 is 58.2 Å². The Labute approximate surface area is 250 Å². The maximum Gasteiger partial charge on any atom is 0.338 e. The quantitative estimate of drug-likeness (QED) is 0.0849. The van der Waals surface area contributed by atoms with E-state index in [-0.39, 0.29) is 21.0 Å². The Morgan fingerprint density at radius 1 is 0.897 bits per heavy atom. The van der Waals surface area contributed by atoms with Gasteiger partial charge in [0.1, 0.15) is 5.75 Å². The summed E-state index contributed by atoms with van der Waals surface area (Å²) in [6.07, 6.45) is 2.02. The minimum Gasteiger partial charge on any atom is -0.494 e. The number of aromatic carboxylic acids is 1. The zero-order valence-corrected chi connectivity index (χ0v) is 24.7. The summed E-state index contributed by atoms with van der Waals surface area (Å²) >= 11 is 25.5. The number of halogens is 4. The normalized spacial score (nSPS) is 11.5. The van der Waals surface area contributed by atoms with Gasteiger partial charge in [-0.05, 0) is 55.8 Å². The molecular formula is C27H24Cl4N2O5S. The van der Waals surface area contributed by atoms with Crippen LogP contribution in [-0.4, -0.2) is 34.7 Å². The number of hydrogen-bond acceptors (Lipinski definition) is 5. The fourth-order valence-corrected chi connectivity index (χ4v) is 5.30. The predicted octanol–water partition coefficient (Wildman–Crippen LogP) is 8.55. The van der Waals surface area contributed by atoms with Crippen molar-refractivity contribution in [3.8, 4) is 5.75 Å². The Balaban J connectivity index is 1.68. The van der Waals surface area contributed by atoms with E-state index in [4.69, 9.17) is 51.1 Å². The second kappa shape index (κ2) is 14.1. The molecular weight excluding hydrogens is 606 g/mol. The number of hydrogen-bond donors (Lipinski definition) is 3. The van der Waals surface area contributed by atoms with Gasteiger partial charge >= 0.3 is 5.97 Å². The van der Waals surface area contributed by atoms with Crippen LogP contribution in [0.2, 0.25) is 20.1 Å². The van der Waals surface area contributed by atoms with Crippen molar-refractivity contribution in [2.75, 3.05) is 17.2 Å². The van der Waals surface area contributed by atoms with Crippen molar-refractivity contribution in [2.24, 2.45) is 0 Å². The van der Waals surface area contributed by atoms with Crippen LogP contribution < -0.4 is 15.4 Å². The summed E-state index contributed by atoms with van der Waals surface area (Å²) in [4.78, 5) is 38.2. The third-order valence-corrected chi connectivity index (χ3v) is 8.27. The molecule has 1 atom stereocenters. The summed E-state index contributed by atoms with van der Waals surface area (Å²) in [6.45, 7) is 4.49. The SMILES string of the molecule is CCCCOc1ccc(NC(=O)C(C)Sc2cccc(NC(=O)c3c(Cl)c(Cl)c(Cl)c(Cl)c3C(=O)O)c2)cc1. The standard InChI is InChI=1S/C27H24Cl4N2O5S/c1-3-4-12-38-17-10-8-15(9-11-17)32-25(34)14(2)39-18-7-5-6-16(13-18)33-26(35)19-20(27(36)37)22(29)24(31)23(30)21(19)28/h5-11,13-14H,3-4,12H2,1-2H3,(H,32,34)(H,33,35)(H,36,37). The highest BCUT2D eigenvalue weighted by Crippen LogP contribution is 2.42. The highest BCUT2D eigenvalue weighted by molar-refractivity contribution is 8.00. The number of ether oxygens (including phenoxy) is 1. The van der Waals surface area contributed by atoms with Crippen molar-refractivity contribution >= 4 is 87.3 Å². The number of carboxylic acids is 1. The number of benzene rings is 3. The summed E-state index contributed by atoms with van der Waals surface area (Å²) in [6, 6.07) is 13.9. The number of unbranched alkanes of at least 4 members (excludes halogenated alkanes) is 1. The van der Waals surface area contributed by atoms with Gasteiger partial charge in [0, 0.05) is 16.3 Å². The Kier molecular flexibility index (Phi) is 11.2. The average Bonchev–Trinajstić information content (AvgIpc) is 2.90. The molecule has 0 aromatic heterocycles. The molecule has 39 heavy (non-hydrogen) atoms.